The zero-order valence-corrected chi connectivity index (χ0v) is 19.9. The smallest absolute Gasteiger partial charge is 0.350 e. The molecule has 32 heavy (non-hydrogen) atoms. The number of ether oxygens (including phenoxy) is 1. The molecule has 0 atom stereocenters. The summed E-state index contributed by atoms with van der Waals surface area (Å²) in [6.07, 6.45) is 1.10. The summed E-state index contributed by atoms with van der Waals surface area (Å²) < 4.78 is 29.2. The quantitative estimate of drug-likeness (QED) is 0.479. The maximum atomic E-state index is 13.6. The van der Waals surface area contributed by atoms with Gasteiger partial charge in [-0.05, 0) is 44.0 Å². The van der Waals surface area contributed by atoms with E-state index in [-0.39, 0.29) is 23.6 Å². The highest BCUT2D eigenvalue weighted by Crippen LogP contribution is 2.30. The van der Waals surface area contributed by atoms with Crippen LogP contribution < -0.4 is 4.90 Å². The zero-order valence-electron chi connectivity index (χ0n) is 18.3. The number of hydrogen-bond acceptors (Lipinski definition) is 7. The van der Waals surface area contributed by atoms with Gasteiger partial charge in [-0.1, -0.05) is 47.7 Å². The molecule has 2 aromatic carbocycles. The van der Waals surface area contributed by atoms with Crippen LogP contribution in [0.1, 0.15) is 43.8 Å². The molecule has 0 N–H and O–H groups in total. The summed E-state index contributed by atoms with van der Waals surface area (Å²) >= 11 is 1.07. The molecule has 0 aliphatic rings. The Labute approximate surface area is 191 Å². The second kappa shape index (κ2) is 9.62. The van der Waals surface area contributed by atoms with Gasteiger partial charge in [-0.3, -0.25) is 9.69 Å². The molecule has 0 saturated carbocycles. The van der Waals surface area contributed by atoms with Crippen molar-refractivity contribution in [3.8, 4) is 0 Å². The number of aromatic nitrogens is 1. The molecule has 1 amide bonds. The molecular weight excluding hydrogens is 448 g/mol. The number of rotatable bonds is 7. The molecule has 0 bridgehead atoms. The topological polar surface area (TPSA) is 93.6 Å². The molecule has 9 heteroatoms. The number of thiazole rings is 1. The van der Waals surface area contributed by atoms with Crippen LogP contribution in [0.25, 0.3) is 0 Å². The minimum atomic E-state index is -3.49. The highest BCUT2D eigenvalue weighted by Gasteiger charge is 2.26. The normalized spacial score (nSPS) is 11.2. The van der Waals surface area contributed by atoms with E-state index in [9.17, 15) is 18.0 Å². The highest BCUT2D eigenvalue weighted by molar-refractivity contribution is 7.90. The average molecular weight is 473 g/mol. The number of esters is 1. The van der Waals surface area contributed by atoms with Crippen LogP contribution in [0.15, 0.2) is 53.4 Å². The Kier molecular flexibility index (Phi) is 7.10. The van der Waals surface area contributed by atoms with Crippen molar-refractivity contribution in [1.82, 2.24) is 4.98 Å². The maximum Gasteiger partial charge on any atom is 0.350 e. The second-order valence-electron chi connectivity index (χ2n) is 7.26. The Balaban J connectivity index is 2.09. The van der Waals surface area contributed by atoms with E-state index in [2.05, 4.69) is 4.98 Å². The van der Waals surface area contributed by atoms with E-state index in [1.54, 1.807) is 26.8 Å². The average Bonchev–Trinajstić information content (AvgIpc) is 3.13. The SMILES string of the molecule is CCOC(=O)c1sc(N(Cc2ccccc2)C(=O)c2cc(S(C)(=O)=O)ccc2C)nc1C. The van der Waals surface area contributed by atoms with Crippen molar-refractivity contribution >= 4 is 38.2 Å². The molecule has 0 saturated heterocycles. The fourth-order valence-corrected chi connectivity index (χ4v) is 4.69. The van der Waals surface area contributed by atoms with Crippen LogP contribution >= 0.6 is 11.3 Å². The lowest BCUT2D eigenvalue weighted by molar-refractivity contribution is 0.0531. The van der Waals surface area contributed by atoms with Gasteiger partial charge in [0, 0.05) is 11.8 Å². The summed E-state index contributed by atoms with van der Waals surface area (Å²) in [5, 5.41) is 0.337. The van der Waals surface area contributed by atoms with Crippen molar-refractivity contribution in [2.45, 2.75) is 32.2 Å². The molecule has 1 aromatic heterocycles. The molecule has 0 fully saturated rings. The summed E-state index contributed by atoms with van der Waals surface area (Å²) in [6.45, 7) is 5.59. The van der Waals surface area contributed by atoms with E-state index in [0.717, 1.165) is 23.2 Å². The van der Waals surface area contributed by atoms with Gasteiger partial charge in [-0.2, -0.15) is 0 Å². The predicted octanol–water partition coefficient (Wildman–Crippen LogP) is 4.19. The standard InChI is InChI=1S/C23H24N2O5S2/c1-5-30-22(27)20-16(3)24-23(31-20)25(14-17-9-7-6-8-10-17)21(26)19-13-18(32(4,28)29)12-11-15(19)2/h6-13H,5,14H2,1-4H3. The number of sulfone groups is 1. The summed E-state index contributed by atoms with van der Waals surface area (Å²) in [7, 11) is -3.49. The van der Waals surface area contributed by atoms with E-state index in [4.69, 9.17) is 4.74 Å². The van der Waals surface area contributed by atoms with Gasteiger partial charge < -0.3 is 4.74 Å². The van der Waals surface area contributed by atoms with Gasteiger partial charge in [0.1, 0.15) is 4.88 Å². The molecule has 0 aliphatic heterocycles. The fourth-order valence-electron chi connectivity index (χ4n) is 3.08. The highest BCUT2D eigenvalue weighted by atomic mass is 32.2. The van der Waals surface area contributed by atoms with Crippen molar-refractivity contribution in [1.29, 1.82) is 0 Å². The predicted molar refractivity (Wildman–Crippen MR) is 124 cm³/mol. The third-order valence-corrected chi connectivity index (χ3v) is 7.04. The molecule has 0 unspecified atom stereocenters. The minimum Gasteiger partial charge on any atom is -0.462 e. The molecule has 0 spiro atoms. The Hall–Kier alpha value is -3.04. The van der Waals surface area contributed by atoms with Crippen LogP contribution in [0.2, 0.25) is 0 Å². The van der Waals surface area contributed by atoms with E-state index in [0.29, 0.717) is 21.3 Å². The Bertz CT molecular complexity index is 1250. The molecule has 0 aliphatic carbocycles. The number of carbonyl (C=O) groups is 2. The van der Waals surface area contributed by atoms with Crippen molar-refractivity contribution in [3.63, 3.8) is 0 Å². The molecule has 168 valence electrons. The molecule has 3 rings (SSSR count). The van der Waals surface area contributed by atoms with Crippen molar-refractivity contribution in [2.75, 3.05) is 17.8 Å². The van der Waals surface area contributed by atoms with Crippen molar-refractivity contribution in [2.24, 2.45) is 0 Å². The molecule has 7 nitrogen and oxygen atoms in total. The number of amides is 1. The first-order valence-electron chi connectivity index (χ1n) is 9.93. The van der Waals surface area contributed by atoms with Crippen LogP contribution in [-0.4, -0.2) is 38.1 Å². The largest absolute Gasteiger partial charge is 0.462 e. The summed E-state index contributed by atoms with van der Waals surface area (Å²) in [5.41, 5.74) is 2.23. The monoisotopic (exact) mass is 472 g/mol. The van der Waals surface area contributed by atoms with Crippen LogP contribution in [0.4, 0.5) is 5.13 Å². The van der Waals surface area contributed by atoms with Crippen molar-refractivity contribution < 1.29 is 22.7 Å². The molecule has 1 heterocycles. The van der Waals surface area contributed by atoms with Gasteiger partial charge in [0.25, 0.3) is 5.91 Å². The third kappa shape index (κ3) is 5.23. The zero-order chi connectivity index (χ0) is 23.5. The minimum absolute atomic E-state index is 0.0636. The van der Waals surface area contributed by atoms with Crippen LogP contribution in [0.5, 0.6) is 0 Å². The lowest BCUT2D eigenvalue weighted by Gasteiger charge is -2.21. The van der Waals surface area contributed by atoms with E-state index in [1.165, 1.54) is 17.0 Å². The fraction of sp³-hybridized carbons (Fsp3) is 0.261. The third-order valence-electron chi connectivity index (χ3n) is 4.77. The van der Waals surface area contributed by atoms with E-state index >= 15 is 0 Å². The molecular formula is C23H24N2O5S2. The second-order valence-corrected chi connectivity index (χ2v) is 10.3. The first kappa shape index (κ1) is 23.6. The number of hydrogen-bond donors (Lipinski definition) is 0. The lowest BCUT2D eigenvalue weighted by Crippen LogP contribution is -2.31. The van der Waals surface area contributed by atoms with Crippen LogP contribution in [0.3, 0.4) is 0 Å². The van der Waals surface area contributed by atoms with Gasteiger partial charge in [-0.15, -0.1) is 0 Å². The maximum absolute atomic E-state index is 13.6. The van der Waals surface area contributed by atoms with Gasteiger partial charge in [0.05, 0.1) is 23.7 Å². The van der Waals surface area contributed by atoms with Crippen LogP contribution in [0, 0.1) is 13.8 Å². The van der Waals surface area contributed by atoms with E-state index < -0.39 is 21.7 Å². The number of benzene rings is 2. The summed E-state index contributed by atoms with van der Waals surface area (Å²) in [5.74, 6) is -0.892. The van der Waals surface area contributed by atoms with Crippen molar-refractivity contribution in [3.05, 3.63) is 75.8 Å². The van der Waals surface area contributed by atoms with E-state index in [1.807, 2.05) is 30.3 Å². The molecule has 0 radical (unpaired) electrons. The number of aryl methyl sites for hydroxylation is 2. The summed E-state index contributed by atoms with van der Waals surface area (Å²) in [4.78, 5) is 32.3. The number of anilines is 1. The number of nitrogens with zero attached hydrogens (tertiary/aromatic N) is 2. The summed E-state index contributed by atoms with van der Waals surface area (Å²) in [6, 6.07) is 13.9. The Morgan fingerprint density at radius 3 is 2.41 bits per heavy atom. The van der Waals surface area contributed by atoms with Gasteiger partial charge in [-0.25, -0.2) is 18.2 Å². The lowest BCUT2D eigenvalue weighted by atomic mass is 10.1. The Morgan fingerprint density at radius 2 is 1.78 bits per heavy atom. The number of carbonyl (C=O) groups excluding carboxylic acids is 2. The van der Waals surface area contributed by atoms with Gasteiger partial charge in [0.15, 0.2) is 15.0 Å². The first-order chi connectivity index (χ1) is 15.1. The first-order valence-corrected chi connectivity index (χ1v) is 12.6. The Morgan fingerprint density at radius 1 is 1.09 bits per heavy atom. The van der Waals surface area contributed by atoms with Gasteiger partial charge >= 0.3 is 5.97 Å². The molecule has 3 aromatic rings. The van der Waals surface area contributed by atoms with Crippen LogP contribution in [-0.2, 0) is 21.1 Å². The van der Waals surface area contributed by atoms with Gasteiger partial charge in [0.2, 0.25) is 0 Å².